The van der Waals surface area contributed by atoms with Gasteiger partial charge in [-0.2, -0.15) is 5.26 Å². The number of rotatable bonds is 4. The molecular weight excluding hydrogens is 358 g/mol. The number of nitro benzene ring substituents is 1. The van der Waals surface area contributed by atoms with Crippen molar-refractivity contribution in [3.05, 3.63) is 79.6 Å². The maximum absolute atomic E-state index is 10.9. The molecule has 122 valence electrons. The fraction of sp³-hybridized carbons (Fsp3) is 0. The van der Waals surface area contributed by atoms with Crippen LogP contribution in [-0.4, -0.2) is 9.91 Å². The number of nitro groups is 1. The van der Waals surface area contributed by atoms with Gasteiger partial charge in [0, 0.05) is 28.1 Å². The van der Waals surface area contributed by atoms with Crippen molar-refractivity contribution in [2.75, 3.05) is 0 Å². The SMILES string of the molecule is N#C/C(=C\c1cccc([N+](=O)[O-])c1)c1nc(-c2ccc(Cl)cc2)cs1. The molecule has 0 aliphatic carbocycles. The summed E-state index contributed by atoms with van der Waals surface area (Å²) in [7, 11) is 0. The smallest absolute Gasteiger partial charge is 0.258 e. The van der Waals surface area contributed by atoms with E-state index in [0.29, 0.717) is 21.2 Å². The third-order valence-corrected chi connectivity index (χ3v) is 4.51. The molecule has 25 heavy (non-hydrogen) atoms. The van der Waals surface area contributed by atoms with Gasteiger partial charge in [0.05, 0.1) is 16.2 Å². The number of nitrogens with zero attached hydrogens (tertiary/aromatic N) is 3. The Kier molecular flexibility index (Phi) is 4.89. The number of hydrogen-bond acceptors (Lipinski definition) is 5. The summed E-state index contributed by atoms with van der Waals surface area (Å²) in [5.41, 5.74) is 2.56. The summed E-state index contributed by atoms with van der Waals surface area (Å²) in [6.45, 7) is 0. The molecule has 0 bridgehead atoms. The maximum Gasteiger partial charge on any atom is 0.270 e. The molecule has 0 saturated heterocycles. The predicted molar refractivity (Wildman–Crippen MR) is 99.1 cm³/mol. The summed E-state index contributed by atoms with van der Waals surface area (Å²) in [4.78, 5) is 14.9. The summed E-state index contributed by atoms with van der Waals surface area (Å²) in [6.07, 6.45) is 1.59. The van der Waals surface area contributed by atoms with Gasteiger partial charge in [-0.3, -0.25) is 10.1 Å². The van der Waals surface area contributed by atoms with Crippen molar-refractivity contribution in [3.63, 3.8) is 0 Å². The van der Waals surface area contributed by atoms with Crippen molar-refractivity contribution < 1.29 is 4.92 Å². The highest BCUT2D eigenvalue weighted by molar-refractivity contribution is 7.11. The first kappa shape index (κ1) is 16.8. The molecule has 1 aromatic heterocycles. The molecule has 0 aliphatic heterocycles. The summed E-state index contributed by atoms with van der Waals surface area (Å²) in [5, 5.41) is 23.3. The third-order valence-electron chi connectivity index (χ3n) is 3.39. The van der Waals surface area contributed by atoms with Gasteiger partial charge in [0.15, 0.2) is 0 Å². The molecule has 3 aromatic rings. The van der Waals surface area contributed by atoms with Crippen LogP contribution in [0.1, 0.15) is 10.6 Å². The molecule has 5 nitrogen and oxygen atoms in total. The van der Waals surface area contributed by atoms with Crippen LogP contribution in [-0.2, 0) is 0 Å². The fourth-order valence-electron chi connectivity index (χ4n) is 2.19. The van der Waals surface area contributed by atoms with Gasteiger partial charge >= 0.3 is 0 Å². The van der Waals surface area contributed by atoms with Crippen molar-refractivity contribution in [2.24, 2.45) is 0 Å². The minimum Gasteiger partial charge on any atom is -0.258 e. The number of allylic oxidation sites excluding steroid dienone is 1. The zero-order valence-electron chi connectivity index (χ0n) is 12.7. The van der Waals surface area contributed by atoms with Crippen LogP contribution in [0.4, 0.5) is 5.69 Å². The van der Waals surface area contributed by atoms with Crippen LogP contribution >= 0.6 is 22.9 Å². The summed E-state index contributed by atoms with van der Waals surface area (Å²) >= 11 is 7.23. The molecule has 0 aliphatic rings. The molecule has 2 aromatic carbocycles. The number of aromatic nitrogens is 1. The molecule has 0 radical (unpaired) electrons. The van der Waals surface area contributed by atoms with E-state index in [1.807, 2.05) is 17.5 Å². The monoisotopic (exact) mass is 367 g/mol. The Morgan fingerprint density at radius 1 is 1.28 bits per heavy atom. The van der Waals surface area contributed by atoms with Crippen LogP contribution in [0.3, 0.4) is 0 Å². The Balaban J connectivity index is 1.94. The molecule has 7 heteroatoms. The van der Waals surface area contributed by atoms with E-state index in [4.69, 9.17) is 11.6 Å². The average molecular weight is 368 g/mol. The first-order chi connectivity index (χ1) is 12.1. The second-order valence-corrected chi connectivity index (χ2v) is 6.36. The lowest BCUT2D eigenvalue weighted by molar-refractivity contribution is -0.384. The number of benzene rings is 2. The molecule has 0 fully saturated rings. The van der Waals surface area contributed by atoms with Crippen LogP contribution in [0.15, 0.2) is 53.9 Å². The third kappa shape index (κ3) is 3.91. The predicted octanol–water partition coefficient (Wildman–Crippen LogP) is 5.44. The topological polar surface area (TPSA) is 79.8 Å². The highest BCUT2D eigenvalue weighted by Crippen LogP contribution is 2.28. The lowest BCUT2D eigenvalue weighted by atomic mass is 10.1. The number of halogens is 1. The Hall–Kier alpha value is -3.01. The van der Waals surface area contributed by atoms with Crippen molar-refractivity contribution in [3.8, 4) is 17.3 Å². The summed E-state index contributed by atoms with van der Waals surface area (Å²) in [5.74, 6) is 0. The Morgan fingerprint density at radius 2 is 2.04 bits per heavy atom. The number of non-ortho nitro benzene ring substituents is 1. The Labute approximate surface area is 152 Å². The number of hydrogen-bond donors (Lipinski definition) is 0. The highest BCUT2D eigenvalue weighted by Gasteiger charge is 2.10. The standard InChI is InChI=1S/C18H10ClN3O2S/c19-15-6-4-13(5-7-15)17-11-25-18(21-17)14(10-20)8-12-2-1-3-16(9-12)22(23)24/h1-9,11H/b14-8+. The first-order valence-electron chi connectivity index (χ1n) is 7.15. The molecule has 0 saturated carbocycles. The van der Waals surface area contributed by atoms with Gasteiger partial charge in [-0.05, 0) is 23.8 Å². The summed E-state index contributed by atoms with van der Waals surface area (Å²) in [6, 6.07) is 15.5. The van der Waals surface area contributed by atoms with Gasteiger partial charge in [-0.15, -0.1) is 11.3 Å². The lowest BCUT2D eigenvalue weighted by Crippen LogP contribution is -1.88. The lowest BCUT2D eigenvalue weighted by Gasteiger charge is -1.97. The fourth-order valence-corrected chi connectivity index (χ4v) is 3.11. The minimum absolute atomic E-state index is 0.0213. The van der Waals surface area contributed by atoms with Crippen LogP contribution in [0.2, 0.25) is 5.02 Å². The van der Waals surface area contributed by atoms with Gasteiger partial charge < -0.3 is 0 Å². The van der Waals surface area contributed by atoms with Crippen LogP contribution in [0.5, 0.6) is 0 Å². The quantitative estimate of drug-likeness (QED) is 0.349. The van der Waals surface area contributed by atoms with E-state index < -0.39 is 4.92 Å². The second-order valence-electron chi connectivity index (χ2n) is 5.07. The van der Waals surface area contributed by atoms with Gasteiger partial charge in [-0.25, -0.2) is 4.98 Å². The van der Waals surface area contributed by atoms with E-state index in [0.717, 1.165) is 11.3 Å². The zero-order chi connectivity index (χ0) is 17.8. The van der Waals surface area contributed by atoms with E-state index >= 15 is 0 Å². The highest BCUT2D eigenvalue weighted by atomic mass is 35.5. The molecule has 3 rings (SSSR count). The van der Waals surface area contributed by atoms with E-state index in [1.165, 1.54) is 23.5 Å². The molecule has 1 heterocycles. The Bertz CT molecular complexity index is 1000. The Morgan fingerprint density at radius 3 is 2.72 bits per heavy atom. The van der Waals surface area contributed by atoms with Gasteiger partial charge in [0.2, 0.25) is 0 Å². The zero-order valence-corrected chi connectivity index (χ0v) is 14.3. The molecule has 0 atom stereocenters. The van der Waals surface area contributed by atoms with Crippen LogP contribution < -0.4 is 0 Å². The average Bonchev–Trinajstić information content (AvgIpc) is 3.10. The van der Waals surface area contributed by atoms with Gasteiger partial charge in [0.1, 0.15) is 11.1 Å². The summed E-state index contributed by atoms with van der Waals surface area (Å²) < 4.78 is 0. The van der Waals surface area contributed by atoms with Crippen LogP contribution in [0, 0.1) is 21.4 Å². The largest absolute Gasteiger partial charge is 0.270 e. The molecule has 0 N–H and O–H groups in total. The van der Waals surface area contributed by atoms with E-state index in [2.05, 4.69) is 11.1 Å². The van der Waals surface area contributed by atoms with E-state index in [1.54, 1.807) is 30.3 Å². The van der Waals surface area contributed by atoms with Crippen molar-refractivity contribution in [2.45, 2.75) is 0 Å². The van der Waals surface area contributed by atoms with Crippen molar-refractivity contribution in [1.82, 2.24) is 4.98 Å². The normalized spacial score (nSPS) is 11.1. The van der Waals surface area contributed by atoms with E-state index in [-0.39, 0.29) is 5.69 Å². The van der Waals surface area contributed by atoms with Gasteiger partial charge in [0.25, 0.3) is 5.69 Å². The van der Waals surface area contributed by atoms with Crippen molar-refractivity contribution >= 4 is 40.3 Å². The second kappa shape index (κ2) is 7.26. The number of thiazole rings is 1. The molecular formula is C18H10ClN3O2S. The van der Waals surface area contributed by atoms with Gasteiger partial charge in [-0.1, -0.05) is 35.9 Å². The maximum atomic E-state index is 10.9. The minimum atomic E-state index is -0.467. The first-order valence-corrected chi connectivity index (χ1v) is 8.40. The van der Waals surface area contributed by atoms with Crippen LogP contribution in [0.25, 0.3) is 22.9 Å². The number of nitriles is 1. The molecule has 0 spiro atoms. The van der Waals surface area contributed by atoms with Crippen molar-refractivity contribution in [1.29, 1.82) is 5.26 Å². The van der Waals surface area contributed by atoms with E-state index in [9.17, 15) is 15.4 Å². The molecule has 0 unspecified atom stereocenters. The molecule has 0 amide bonds.